The van der Waals surface area contributed by atoms with Crippen LogP contribution in [0.4, 0.5) is 11.4 Å². The number of Topliss-reactive ketones (excluding diaryl/α,β-unsaturated/α-hetero) is 1. The lowest BCUT2D eigenvalue weighted by atomic mass is 10.2. The average molecular weight is 248 g/mol. The molecule has 1 aliphatic heterocycles. The zero-order valence-electron chi connectivity index (χ0n) is 10.0. The summed E-state index contributed by atoms with van der Waals surface area (Å²) in [6, 6.07) is 4.85. The maximum atomic E-state index is 11.5. The summed E-state index contributed by atoms with van der Waals surface area (Å²) in [5, 5.41) is 2.44. The topological polar surface area (TPSA) is 75.7 Å². The van der Waals surface area contributed by atoms with Gasteiger partial charge in [-0.2, -0.15) is 0 Å². The van der Waals surface area contributed by atoms with E-state index in [-0.39, 0.29) is 12.5 Å². The molecule has 6 heteroatoms. The van der Waals surface area contributed by atoms with Gasteiger partial charge in [0.15, 0.2) is 6.61 Å². The number of rotatable bonds is 2. The molecule has 2 amide bonds. The van der Waals surface area contributed by atoms with Gasteiger partial charge < -0.3 is 15.0 Å². The third-order valence-corrected chi connectivity index (χ3v) is 2.62. The average Bonchev–Trinajstić information content (AvgIpc) is 2.34. The molecule has 1 heterocycles. The van der Waals surface area contributed by atoms with Gasteiger partial charge in [-0.3, -0.25) is 14.4 Å². The van der Waals surface area contributed by atoms with Gasteiger partial charge in [-0.1, -0.05) is 0 Å². The fourth-order valence-corrected chi connectivity index (χ4v) is 1.57. The molecule has 0 aliphatic carbocycles. The van der Waals surface area contributed by atoms with Gasteiger partial charge in [-0.15, -0.1) is 0 Å². The summed E-state index contributed by atoms with van der Waals surface area (Å²) in [7, 11) is 1.63. The number of ether oxygens (including phenoxy) is 1. The van der Waals surface area contributed by atoms with Crippen LogP contribution >= 0.6 is 0 Å². The number of amides is 2. The number of hydrogen-bond acceptors (Lipinski definition) is 4. The van der Waals surface area contributed by atoms with Crippen LogP contribution in [-0.2, 0) is 14.4 Å². The number of anilines is 2. The van der Waals surface area contributed by atoms with Crippen LogP contribution in [0.5, 0.6) is 5.75 Å². The van der Waals surface area contributed by atoms with Gasteiger partial charge in [0.05, 0.1) is 5.69 Å². The van der Waals surface area contributed by atoms with Crippen LogP contribution in [0.15, 0.2) is 18.2 Å². The lowest BCUT2D eigenvalue weighted by molar-refractivity contribution is -0.133. The van der Waals surface area contributed by atoms with E-state index in [0.717, 1.165) is 0 Å². The van der Waals surface area contributed by atoms with Crippen LogP contribution in [0.25, 0.3) is 0 Å². The summed E-state index contributed by atoms with van der Waals surface area (Å²) >= 11 is 0. The number of ketones is 1. The fraction of sp³-hybridized carbons (Fsp3) is 0.250. The van der Waals surface area contributed by atoms with Crippen molar-refractivity contribution in [1.29, 1.82) is 0 Å². The van der Waals surface area contributed by atoms with Crippen molar-refractivity contribution in [3.8, 4) is 5.75 Å². The van der Waals surface area contributed by atoms with Crippen molar-refractivity contribution in [3.63, 3.8) is 0 Å². The van der Waals surface area contributed by atoms with Crippen LogP contribution in [0.2, 0.25) is 0 Å². The SMILES string of the molecule is CC(=O)C(=O)Nc1ccc2c(c1)N(C)C(=O)CO2. The summed E-state index contributed by atoms with van der Waals surface area (Å²) in [6.07, 6.45) is 0. The summed E-state index contributed by atoms with van der Waals surface area (Å²) in [6.45, 7) is 1.19. The lowest BCUT2D eigenvalue weighted by Gasteiger charge is -2.26. The second-order valence-corrected chi connectivity index (χ2v) is 3.93. The maximum Gasteiger partial charge on any atom is 0.291 e. The molecule has 1 aliphatic rings. The molecule has 0 radical (unpaired) electrons. The molecule has 6 nitrogen and oxygen atoms in total. The van der Waals surface area contributed by atoms with Gasteiger partial charge in [0.25, 0.3) is 11.8 Å². The number of carbonyl (C=O) groups excluding carboxylic acids is 3. The van der Waals surface area contributed by atoms with E-state index in [1.54, 1.807) is 25.2 Å². The minimum atomic E-state index is -0.694. The van der Waals surface area contributed by atoms with Crippen molar-refractivity contribution in [2.75, 3.05) is 23.9 Å². The molecule has 2 rings (SSSR count). The molecule has 0 atom stereocenters. The molecule has 0 saturated carbocycles. The third-order valence-electron chi connectivity index (χ3n) is 2.62. The largest absolute Gasteiger partial charge is 0.482 e. The van der Waals surface area contributed by atoms with E-state index in [4.69, 9.17) is 4.74 Å². The van der Waals surface area contributed by atoms with Crippen molar-refractivity contribution in [2.45, 2.75) is 6.92 Å². The van der Waals surface area contributed by atoms with Crippen molar-refractivity contribution < 1.29 is 19.1 Å². The van der Waals surface area contributed by atoms with E-state index in [0.29, 0.717) is 17.1 Å². The molecule has 18 heavy (non-hydrogen) atoms. The lowest BCUT2D eigenvalue weighted by Crippen LogP contribution is -2.35. The van der Waals surface area contributed by atoms with E-state index in [1.807, 2.05) is 0 Å². The summed E-state index contributed by atoms with van der Waals surface area (Å²) < 4.78 is 5.24. The summed E-state index contributed by atoms with van der Waals surface area (Å²) in [4.78, 5) is 35.0. The molecule has 1 aromatic rings. The van der Waals surface area contributed by atoms with Crippen LogP contribution in [0.1, 0.15) is 6.92 Å². The van der Waals surface area contributed by atoms with Gasteiger partial charge in [0.1, 0.15) is 5.75 Å². The molecule has 0 saturated heterocycles. The molecule has 1 aromatic carbocycles. The first-order valence-electron chi connectivity index (χ1n) is 5.34. The van der Waals surface area contributed by atoms with Gasteiger partial charge in [-0.05, 0) is 18.2 Å². The first kappa shape index (κ1) is 12.1. The van der Waals surface area contributed by atoms with Crippen molar-refractivity contribution in [3.05, 3.63) is 18.2 Å². The van der Waals surface area contributed by atoms with Crippen LogP contribution < -0.4 is 15.0 Å². The third kappa shape index (κ3) is 2.17. The summed E-state index contributed by atoms with van der Waals surface area (Å²) in [5.41, 5.74) is 1.01. The zero-order chi connectivity index (χ0) is 13.3. The minimum absolute atomic E-state index is 0.00263. The molecule has 1 N–H and O–H groups in total. The molecule has 94 valence electrons. The second-order valence-electron chi connectivity index (χ2n) is 3.93. The fourth-order valence-electron chi connectivity index (χ4n) is 1.57. The Morgan fingerprint density at radius 2 is 2.11 bits per heavy atom. The quantitative estimate of drug-likeness (QED) is 0.776. The van der Waals surface area contributed by atoms with Gasteiger partial charge in [0, 0.05) is 19.7 Å². The smallest absolute Gasteiger partial charge is 0.291 e. The Morgan fingerprint density at radius 3 is 2.78 bits per heavy atom. The second kappa shape index (κ2) is 4.48. The number of hydrogen-bond donors (Lipinski definition) is 1. The van der Waals surface area contributed by atoms with Gasteiger partial charge in [0.2, 0.25) is 5.78 Å². The molecule has 0 fully saturated rings. The van der Waals surface area contributed by atoms with E-state index < -0.39 is 11.7 Å². The maximum absolute atomic E-state index is 11.5. The minimum Gasteiger partial charge on any atom is -0.482 e. The number of fused-ring (bicyclic) bond motifs is 1. The Labute approximate surface area is 104 Å². The first-order chi connectivity index (χ1) is 8.49. The molecular formula is C12H12N2O4. The monoisotopic (exact) mass is 248 g/mol. The van der Waals surface area contributed by atoms with Crippen molar-refractivity contribution in [2.24, 2.45) is 0 Å². The van der Waals surface area contributed by atoms with E-state index in [2.05, 4.69) is 5.32 Å². The van der Waals surface area contributed by atoms with Gasteiger partial charge in [-0.25, -0.2) is 0 Å². The molecule has 0 bridgehead atoms. The highest BCUT2D eigenvalue weighted by molar-refractivity contribution is 6.39. The summed E-state index contributed by atoms with van der Waals surface area (Å²) in [5.74, 6) is -0.871. The van der Waals surface area contributed by atoms with Crippen LogP contribution in [0, 0.1) is 0 Å². The number of benzene rings is 1. The Bertz CT molecular complexity index is 539. The first-order valence-corrected chi connectivity index (χ1v) is 5.34. The number of carbonyl (C=O) groups is 3. The van der Waals surface area contributed by atoms with E-state index >= 15 is 0 Å². The molecule has 0 unspecified atom stereocenters. The normalized spacial score (nSPS) is 13.7. The standard InChI is InChI=1S/C12H12N2O4/c1-7(15)12(17)13-8-3-4-10-9(5-8)14(2)11(16)6-18-10/h3-5H,6H2,1-2H3,(H,13,17). The van der Waals surface area contributed by atoms with E-state index in [1.165, 1.54) is 11.8 Å². The highest BCUT2D eigenvalue weighted by Gasteiger charge is 2.22. The van der Waals surface area contributed by atoms with Crippen LogP contribution in [0.3, 0.4) is 0 Å². The molecule has 0 spiro atoms. The highest BCUT2D eigenvalue weighted by Crippen LogP contribution is 2.33. The van der Waals surface area contributed by atoms with Gasteiger partial charge >= 0.3 is 0 Å². The zero-order valence-corrected chi connectivity index (χ0v) is 10.0. The predicted octanol–water partition coefficient (Wildman–Crippen LogP) is 0.569. The molecular weight excluding hydrogens is 236 g/mol. The van der Waals surface area contributed by atoms with E-state index in [9.17, 15) is 14.4 Å². The number of likely N-dealkylation sites (N-methyl/N-ethyl adjacent to an activating group) is 1. The van der Waals surface area contributed by atoms with Crippen LogP contribution in [-0.4, -0.2) is 31.3 Å². The predicted molar refractivity (Wildman–Crippen MR) is 64.7 cm³/mol. The van der Waals surface area contributed by atoms with Crippen molar-refractivity contribution in [1.82, 2.24) is 0 Å². The molecule has 0 aromatic heterocycles. The Kier molecular flexibility index (Phi) is 3.01. The van der Waals surface area contributed by atoms with Crippen molar-refractivity contribution >= 4 is 29.0 Å². The Hall–Kier alpha value is -2.37. The number of nitrogens with one attached hydrogen (secondary N) is 1. The Balaban J connectivity index is 2.29. The highest BCUT2D eigenvalue weighted by atomic mass is 16.5. The number of nitrogens with zero attached hydrogens (tertiary/aromatic N) is 1. The Morgan fingerprint density at radius 1 is 1.39 bits per heavy atom.